The number of anilines is 1. The number of rotatable bonds is 3. The minimum absolute atomic E-state index is 0.0949. The molecule has 0 spiro atoms. The van der Waals surface area contributed by atoms with Gasteiger partial charge in [-0.2, -0.15) is 17.5 Å². The van der Waals surface area contributed by atoms with Gasteiger partial charge in [0.05, 0.1) is 5.92 Å². The maximum atomic E-state index is 12.9. The van der Waals surface area contributed by atoms with Crippen LogP contribution in [-0.4, -0.2) is 50.1 Å². The first-order valence-electron chi connectivity index (χ1n) is 8.06. The van der Waals surface area contributed by atoms with E-state index in [2.05, 4.69) is 4.98 Å². The highest BCUT2D eigenvalue weighted by atomic mass is 32.2. The van der Waals surface area contributed by atoms with E-state index in [0.717, 1.165) is 12.8 Å². The van der Waals surface area contributed by atoms with E-state index in [9.17, 15) is 21.6 Å². The van der Waals surface area contributed by atoms with Crippen LogP contribution >= 0.6 is 0 Å². The first-order chi connectivity index (χ1) is 11.3. The fraction of sp³-hybridized carbons (Fsp3) is 0.667. The molecule has 0 radical (unpaired) electrons. The summed E-state index contributed by atoms with van der Waals surface area (Å²) >= 11 is 0. The Morgan fingerprint density at radius 1 is 1.08 bits per heavy atom. The fourth-order valence-corrected chi connectivity index (χ4v) is 4.71. The summed E-state index contributed by atoms with van der Waals surface area (Å²) in [4.78, 5) is 5.78. The first-order valence-corrected chi connectivity index (χ1v) is 9.50. The minimum Gasteiger partial charge on any atom is -0.356 e. The highest BCUT2D eigenvalue weighted by Gasteiger charge is 2.42. The van der Waals surface area contributed by atoms with E-state index in [1.807, 2.05) is 0 Å². The molecule has 5 nitrogen and oxygen atoms in total. The molecular weight excluding hydrogens is 343 g/mol. The molecule has 0 unspecified atom stereocenters. The summed E-state index contributed by atoms with van der Waals surface area (Å²) in [5.74, 6) is -0.967. The van der Waals surface area contributed by atoms with Gasteiger partial charge in [0.25, 0.3) is 0 Å². The molecule has 1 aromatic rings. The minimum atomic E-state index is -4.21. The quantitative estimate of drug-likeness (QED) is 0.829. The summed E-state index contributed by atoms with van der Waals surface area (Å²) in [5.41, 5.74) is 0. The van der Waals surface area contributed by atoms with Crippen molar-refractivity contribution in [3.63, 3.8) is 0 Å². The van der Waals surface area contributed by atoms with Crippen molar-refractivity contribution in [3.05, 3.63) is 18.3 Å². The zero-order valence-electron chi connectivity index (χ0n) is 13.2. The lowest BCUT2D eigenvalue weighted by Gasteiger charge is -2.34. The van der Waals surface area contributed by atoms with Crippen molar-refractivity contribution in [1.29, 1.82) is 0 Å². The number of hydrogen-bond donors (Lipinski definition) is 0. The Balaban J connectivity index is 1.75. The Morgan fingerprint density at radius 3 is 2.38 bits per heavy atom. The van der Waals surface area contributed by atoms with Gasteiger partial charge in [-0.1, -0.05) is 0 Å². The molecule has 0 bridgehead atoms. The van der Waals surface area contributed by atoms with Gasteiger partial charge in [-0.05, 0) is 37.8 Å². The SMILES string of the molecule is O=S(=O)(c1ccc(N2CCC[C@H](C(F)(F)F)C2)nc1)N1CCCC1. The van der Waals surface area contributed by atoms with E-state index in [4.69, 9.17) is 0 Å². The van der Waals surface area contributed by atoms with Gasteiger partial charge in [0.1, 0.15) is 10.7 Å². The lowest BCUT2D eigenvalue weighted by molar-refractivity contribution is -0.176. The molecule has 24 heavy (non-hydrogen) atoms. The van der Waals surface area contributed by atoms with Crippen LogP contribution in [0.1, 0.15) is 25.7 Å². The number of alkyl halides is 3. The van der Waals surface area contributed by atoms with Crippen molar-refractivity contribution in [3.8, 4) is 0 Å². The molecule has 0 saturated carbocycles. The van der Waals surface area contributed by atoms with Crippen LogP contribution < -0.4 is 4.90 Å². The third-order valence-electron chi connectivity index (χ3n) is 4.63. The van der Waals surface area contributed by atoms with Crippen molar-refractivity contribution < 1.29 is 21.6 Å². The third-order valence-corrected chi connectivity index (χ3v) is 6.51. The van der Waals surface area contributed by atoms with Crippen LogP contribution in [0.4, 0.5) is 19.0 Å². The van der Waals surface area contributed by atoms with Gasteiger partial charge in [-0.25, -0.2) is 13.4 Å². The van der Waals surface area contributed by atoms with Crippen LogP contribution in [0.15, 0.2) is 23.2 Å². The molecule has 0 aliphatic carbocycles. The topological polar surface area (TPSA) is 53.5 Å². The monoisotopic (exact) mass is 363 g/mol. The van der Waals surface area contributed by atoms with Crippen LogP contribution in [0.25, 0.3) is 0 Å². The van der Waals surface area contributed by atoms with Gasteiger partial charge in [0.2, 0.25) is 10.0 Å². The molecule has 3 heterocycles. The van der Waals surface area contributed by atoms with Gasteiger partial charge in [-0.15, -0.1) is 0 Å². The van der Waals surface area contributed by atoms with E-state index in [1.165, 1.54) is 22.6 Å². The van der Waals surface area contributed by atoms with Gasteiger partial charge >= 0.3 is 6.18 Å². The van der Waals surface area contributed by atoms with E-state index >= 15 is 0 Å². The number of nitrogens with zero attached hydrogens (tertiary/aromatic N) is 3. The molecule has 0 aromatic carbocycles. The zero-order chi connectivity index (χ0) is 17.4. The first kappa shape index (κ1) is 17.5. The van der Waals surface area contributed by atoms with Crippen molar-refractivity contribution in [2.45, 2.75) is 36.8 Å². The second kappa shape index (κ2) is 6.51. The number of piperidine rings is 1. The zero-order valence-corrected chi connectivity index (χ0v) is 14.0. The predicted octanol–water partition coefficient (Wildman–Crippen LogP) is 2.64. The van der Waals surface area contributed by atoms with Crippen molar-refractivity contribution in [2.75, 3.05) is 31.1 Å². The summed E-state index contributed by atoms with van der Waals surface area (Å²) in [7, 11) is -3.55. The number of aromatic nitrogens is 1. The highest BCUT2D eigenvalue weighted by molar-refractivity contribution is 7.89. The molecule has 0 N–H and O–H groups in total. The number of hydrogen-bond acceptors (Lipinski definition) is 4. The van der Waals surface area contributed by atoms with Crippen LogP contribution in [0.5, 0.6) is 0 Å². The molecule has 9 heteroatoms. The summed E-state index contributed by atoms with van der Waals surface area (Å²) in [6.45, 7) is 1.37. The van der Waals surface area contributed by atoms with E-state index < -0.39 is 22.1 Å². The summed E-state index contributed by atoms with van der Waals surface area (Å²) in [5, 5.41) is 0. The van der Waals surface area contributed by atoms with Gasteiger partial charge in [0.15, 0.2) is 0 Å². The predicted molar refractivity (Wildman–Crippen MR) is 83.2 cm³/mol. The second-order valence-electron chi connectivity index (χ2n) is 6.29. The molecule has 1 aromatic heterocycles. The Bertz CT molecular complexity index is 670. The summed E-state index contributed by atoms with van der Waals surface area (Å²) in [6.07, 6.45) is -0.701. The molecule has 3 rings (SSSR count). The van der Waals surface area contributed by atoms with Gasteiger partial charge in [-0.3, -0.25) is 0 Å². The fourth-order valence-electron chi connectivity index (χ4n) is 3.24. The molecule has 2 saturated heterocycles. The largest absolute Gasteiger partial charge is 0.393 e. The molecule has 0 amide bonds. The van der Waals surface area contributed by atoms with Gasteiger partial charge in [0, 0.05) is 32.4 Å². The summed E-state index contributed by atoms with van der Waals surface area (Å²) in [6, 6.07) is 2.94. The van der Waals surface area contributed by atoms with Crippen LogP contribution in [0, 0.1) is 5.92 Å². The maximum absolute atomic E-state index is 12.9. The Hall–Kier alpha value is -1.35. The maximum Gasteiger partial charge on any atom is 0.393 e. The summed E-state index contributed by atoms with van der Waals surface area (Å²) < 4.78 is 65.0. The van der Waals surface area contributed by atoms with Crippen molar-refractivity contribution in [2.24, 2.45) is 5.92 Å². The average Bonchev–Trinajstić information content (AvgIpc) is 3.10. The van der Waals surface area contributed by atoms with Crippen molar-refractivity contribution in [1.82, 2.24) is 9.29 Å². The van der Waals surface area contributed by atoms with Crippen LogP contribution in [0.3, 0.4) is 0 Å². The third kappa shape index (κ3) is 3.51. The van der Waals surface area contributed by atoms with Crippen molar-refractivity contribution >= 4 is 15.8 Å². The Morgan fingerprint density at radius 2 is 1.79 bits per heavy atom. The molecule has 2 fully saturated rings. The molecule has 134 valence electrons. The number of sulfonamides is 1. The lowest BCUT2D eigenvalue weighted by atomic mass is 9.97. The average molecular weight is 363 g/mol. The lowest BCUT2D eigenvalue weighted by Crippen LogP contribution is -2.42. The molecule has 1 atom stereocenters. The van der Waals surface area contributed by atoms with E-state index in [-0.39, 0.29) is 17.9 Å². The van der Waals surface area contributed by atoms with E-state index in [1.54, 1.807) is 4.90 Å². The second-order valence-corrected chi connectivity index (χ2v) is 8.23. The van der Waals surface area contributed by atoms with E-state index in [0.29, 0.717) is 31.9 Å². The normalized spacial score (nSPS) is 23.6. The standard InChI is InChI=1S/C15H20F3N3O2S/c16-15(17,18)12-4-3-7-20(11-12)14-6-5-13(10-19-14)24(22,23)21-8-1-2-9-21/h5-6,10,12H,1-4,7-9,11H2/t12-/m0/s1. The van der Waals surface area contributed by atoms with Crippen LogP contribution in [-0.2, 0) is 10.0 Å². The van der Waals surface area contributed by atoms with Crippen LogP contribution in [0.2, 0.25) is 0 Å². The molecule has 2 aliphatic rings. The number of pyridine rings is 1. The molecular formula is C15H20F3N3O2S. The highest BCUT2D eigenvalue weighted by Crippen LogP contribution is 2.34. The Labute approximate surface area is 139 Å². The smallest absolute Gasteiger partial charge is 0.356 e. The Kier molecular flexibility index (Phi) is 4.74. The van der Waals surface area contributed by atoms with Gasteiger partial charge < -0.3 is 4.90 Å². The molecule has 2 aliphatic heterocycles. The number of halogens is 3.